The molecule has 31 heavy (non-hydrogen) atoms. The van der Waals surface area contributed by atoms with E-state index in [-0.39, 0.29) is 0 Å². The molecule has 0 aromatic heterocycles. The van der Waals surface area contributed by atoms with Crippen molar-refractivity contribution in [3.63, 3.8) is 0 Å². The number of benzene rings is 3. The van der Waals surface area contributed by atoms with Crippen molar-refractivity contribution in [3.8, 4) is 16.9 Å². The van der Waals surface area contributed by atoms with Gasteiger partial charge in [-0.3, -0.25) is 5.01 Å². The van der Waals surface area contributed by atoms with E-state index in [1.165, 1.54) is 33.6 Å². The maximum Gasteiger partial charge on any atom is 0.129 e. The van der Waals surface area contributed by atoms with Gasteiger partial charge in [-0.1, -0.05) is 62.4 Å². The third-order valence-electron chi connectivity index (χ3n) is 5.11. The van der Waals surface area contributed by atoms with Gasteiger partial charge in [0.05, 0.1) is 12.3 Å². The van der Waals surface area contributed by atoms with Gasteiger partial charge < -0.3 is 10.6 Å². The summed E-state index contributed by atoms with van der Waals surface area (Å²) in [7, 11) is 0. The van der Waals surface area contributed by atoms with Crippen molar-refractivity contribution in [2.45, 2.75) is 33.6 Å². The molecule has 0 aliphatic carbocycles. The summed E-state index contributed by atoms with van der Waals surface area (Å²) in [6.45, 7) is 7.15. The predicted octanol–water partition coefficient (Wildman–Crippen LogP) is 5.06. The average Bonchev–Trinajstić information content (AvgIpc) is 2.74. The van der Waals surface area contributed by atoms with Gasteiger partial charge in [-0.15, -0.1) is 0 Å². The van der Waals surface area contributed by atoms with Gasteiger partial charge in [0.1, 0.15) is 12.1 Å². The summed E-state index contributed by atoms with van der Waals surface area (Å²) in [6, 6.07) is 23.0. The standard InChI is InChI=1S/C26H32N4O/c1-19(2)14-22-9-4-6-10-25(22)23-15-20(3)16-24(17-23)31-13-12-21-8-5-7-11-26(21)30(28)18-29-27/h4-11,15-19H,12-14,27-28H2,1-3H3/b29-18-. The highest BCUT2D eigenvalue weighted by Crippen LogP contribution is 2.30. The summed E-state index contributed by atoms with van der Waals surface area (Å²) in [5, 5.41) is 4.92. The SMILES string of the molecule is Cc1cc(OCCc2ccccc2N(N)/C=N\N)cc(-c2ccccc2CC(C)C)c1. The van der Waals surface area contributed by atoms with Crippen LogP contribution < -0.4 is 21.4 Å². The zero-order valence-corrected chi connectivity index (χ0v) is 18.6. The summed E-state index contributed by atoms with van der Waals surface area (Å²) in [6.07, 6.45) is 3.16. The first kappa shape index (κ1) is 22.4. The number of hydrazone groups is 1. The number of anilines is 1. The Balaban J connectivity index is 1.76. The monoisotopic (exact) mass is 416 g/mol. The van der Waals surface area contributed by atoms with Gasteiger partial charge in [-0.05, 0) is 65.3 Å². The van der Waals surface area contributed by atoms with Crippen LogP contribution in [-0.4, -0.2) is 12.9 Å². The lowest BCUT2D eigenvalue weighted by Gasteiger charge is -2.17. The van der Waals surface area contributed by atoms with Gasteiger partial charge in [0.15, 0.2) is 0 Å². The van der Waals surface area contributed by atoms with Gasteiger partial charge in [0.2, 0.25) is 0 Å². The second-order valence-electron chi connectivity index (χ2n) is 8.19. The van der Waals surface area contributed by atoms with Gasteiger partial charge >= 0.3 is 0 Å². The van der Waals surface area contributed by atoms with Crippen molar-refractivity contribution in [1.82, 2.24) is 0 Å². The quantitative estimate of drug-likeness (QED) is 0.221. The number of nitrogens with two attached hydrogens (primary N) is 2. The van der Waals surface area contributed by atoms with Crippen molar-refractivity contribution >= 4 is 12.0 Å². The average molecular weight is 417 g/mol. The lowest BCUT2D eigenvalue weighted by molar-refractivity contribution is 0.322. The first-order chi connectivity index (χ1) is 15.0. The van der Waals surface area contributed by atoms with E-state index in [9.17, 15) is 0 Å². The molecule has 0 spiro atoms. The Hall–Kier alpha value is -3.31. The maximum atomic E-state index is 6.15. The van der Waals surface area contributed by atoms with Crippen LogP contribution in [0.15, 0.2) is 71.8 Å². The van der Waals surface area contributed by atoms with E-state index >= 15 is 0 Å². The fourth-order valence-corrected chi connectivity index (χ4v) is 3.79. The number of nitrogens with zero attached hydrogens (tertiary/aromatic N) is 2. The van der Waals surface area contributed by atoms with E-state index in [1.54, 1.807) is 0 Å². The number of hydrogen-bond acceptors (Lipinski definition) is 4. The maximum absolute atomic E-state index is 6.15. The lowest BCUT2D eigenvalue weighted by Crippen LogP contribution is -2.30. The second kappa shape index (κ2) is 10.6. The summed E-state index contributed by atoms with van der Waals surface area (Å²) in [5.74, 6) is 12.7. The van der Waals surface area contributed by atoms with Crippen LogP contribution in [0.3, 0.4) is 0 Å². The number of aryl methyl sites for hydroxylation is 1. The van der Waals surface area contributed by atoms with Crippen LogP contribution in [0.5, 0.6) is 5.75 Å². The van der Waals surface area contributed by atoms with Crippen molar-refractivity contribution in [1.29, 1.82) is 0 Å². The van der Waals surface area contributed by atoms with Crippen molar-refractivity contribution in [2.75, 3.05) is 11.6 Å². The van der Waals surface area contributed by atoms with Crippen LogP contribution in [-0.2, 0) is 12.8 Å². The third kappa shape index (κ3) is 6.09. The van der Waals surface area contributed by atoms with E-state index in [1.807, 2.05) is 24.3 Å². The zero-order chi connectivity index (χ0) is 22.2. The van der Waals surface area contributed by atoms with Gasteiger partial charge in [0, 0.05) is 6.42 Å². The molecule has 5 heteroatoms. The molecule has 0 saturated heterocycles. The molecule has 0 aliphatic heterocycles. The fourth-order valence-electron chi connectivity index (χ4n) is 3.79. The molecule has 0 heterocycles. The predicted molar refractivity (Wildman–Crippen MR) is 130 cm³/mol. The minimum atomic E-state index is 0.543. The number of rotatable bonds is 9. The smallest absolute Gasteiger partial charge is 0.129 e. The van der Waals surface area contributed by atoms with Crippen molar-refractivity contribution in [2.24, 2.45) is 22.7 Å². The molecule has 0 radical (unpaired) electrons. The number of ether oxygens (including phenoxy) is 1. The molecule has 3 rings (SSSR count). The van der Waals surface area contributed by atoms with Gasteiger partial charge in [-0.2, -0.15) is 5.10 Å². The number of hydrogen-bond donors (Lipinski definition) is 2. The minimum Gasteiger partial charge on any atom is -0.493 e. The lowest BCUT2D eigenvalue weighted by atomic mass is 9.93. The highest BCUT2D eigenvalue weighted by atomic mass is 16.5. The molecule has 3 aromatic carbocycles. The Kier molecular flexibility index (Phi) is 7.68. The summed E-state index contributed by atoms with van der Waals surface area (Å²) in [4.78, 5) is 0. The Morgan fingerprint density at radius 2 is 1.71 bits per heavy atom. The summed E-state index contributed by atoms with van der Waals surface area (Å²) >= 11 is 0. The third-order valence-corrected chi connectivity index (χ3v) is 5.11. The summed E-state index contributed by atoms with van der Waals surface area (Å²) in [5.41, 5.74) is 6.94. The van der Waals surface area contributed by atoms with E-state index in [2.05, 4.69) is 68.3 Å². The second-order valence-corrected chi connectivity index (χ2v) is 8.19. The van der Waals surface area contributed by atoms with Crippen molar-refractivity contribution in [3.05, 3.63) is 83.4 Å². The molecule has 3 aromatic rings. The molecule has 4 N–H and O–H groups in total. The van der Waals surface area contributed by atoms with Crippen LogP contribution >= 0.6 is 0 Å². The first-order valence-electron chi connectivity index (χ1n) is 10.7. The zero-order valence-electron chi connectivity index (χ0n) is 18.6. The fraction of sp³-hybridized carbons (Fsp3) is 0.269. The molecule has 5 nitrogen and oxygen atoms in total. The molecule has 0 fully saturated rings. The molecule has 0 unspecified atom stereocenters. The van der Waals surface area contributed by atoms with E-state index in [4.69, 9.17) is 16.4 Å². The molecule has 0 atom stereocenters. The van der Waals surface area contributed by atoms with Crippen LogP contribution in [0.1, 0.15) is 30.5 Å². The molecule has 0 amide bonds. The Morgan fingerprint density at radius 1 is 1.00 bits per heavy atom. The molecular weight excluding hydrogens is 384 g/mol. The van der Waals surface area contributed by atoms with Crippen LogP contribution in [0.2, 0.25) is 0 Å². The highest BCUT2D eigenvalue weighted by Gasteiger charge is 2.10. The molecular formula is C26H32N4O. The van der Waals surface area contributed by atoms with Crippen LogP contribution in [0.4, 0.5) is 5.69 Å². The van der Waals surface area contributed by atoms with E-state index in [0.29, 0.717) is 12.5 Å². The Labute approximate surface area is 185 Å². The minimum absolute atomic E-state index is 0.543. The van der Waals surface area contributed by atoms with Crippen LogP contribution in [0.25, 0.3) is 11.1 Å². The van der Waals surface area contributed by atoms with Crippen LogP contribution in [0, 0.1) is 12.8 Å². The number of hydrazine groups is 1. The Morgan fingerprint density at radius 3 is 2.45 bits per heavy atom. The topological polar surface area (TPSA) is 76.9 Å². The molecule has 0 aliphatic rings. The molecule has 0 bridgehead atoms. The van der Waals surface area contributed by atoms with E-state index < -0.39 is 0 Å². The van der Waals surface area contributed by atoms with Gasteiger partial charge in [0.25, 0.3) is 0 Å². The molecule has 162 valence electrons. The first-order valence-corrected chi connectivity index (χ1v) is 10.7. The Bertz CT molecular complexity index is 1030. The normalized spacial score (nSPS) is 11.3. The number of para-hydroxylation sites is 1. The summed E-state index contributed by atoms with van der Waals surface area (Å²) < 4.78 is 6.15. The van der Waals surface area contributed by atoms with Crippen molar-refractivity contribution < 1.29 is 4.74 Å². The molecule has 0 saturated carbocycles. The van der Waals surface area contributed by atoms with E-state index in [0.717, 1.165) is 29.8 Å². The van der Waals surface area contributed by atoms with Gasteiger partial charge in [-0.25, -0.2) is 5.84 Å². The highest BCUT2D eigenvalue weighted by molar-refractivity contribution is 5.78. The largest absolute Gasteiger partial charge is 0.493 e.